The molecule has 0 spiro atoms. The third-order valence-electron chi connectivity index (χ3n) is 5.56. The number of hydrogen-bond donors (Lipinski definition) is 1. The molecule has 2 aromatic heterocycles. The maximum Gasteiger partial charge on any atom is 0.306 e. The minimum Gasteiger partial charge on any atom is -0.463 e. The van der Waals surface area contributed by atoms with Crippen molar-refractivity contribution in [1.29, 1.82) is 0 Å². The smallest absolute Gasteiger partial charge is 0.306 e. The Morgan fingerprint density at radius 1 is 1.23 bits per heavy atom. The van der Waals surface area contributed by atoms with Crippen molar-refractivity contribution in [3.8, 4) is 0 Å². The summed E-state index contributed by atoms with van der Waals surface area (Å²) in [6.07, 6.45) is 9.72. The van der Waals surface area contributed by atoms with Crippen molar-refractivity contribution in [1.82, 2.24) is 14.6 Å². The maximum atomic E-state index is 12.1. The highest BCUT2D eigenvalue weighted by Crippen LogP contribution is 2.34. The highest BCUT2D eigenvalue weighted by atomic mass is 16.6. The van der Waals surface area contributed by atoms with Gasteiger partial charge in [-0.2, -0.15) is 5.10 Å². The first kappa shape index (κ1) is 17.3. The topological polar surface area (TPSA) is 91.7 Å². The molecule has 0 aromatic carbocycles. The number of rotatable bonds is 5. The standard InChI is InChI=1S/C19H26N4O3/c20-19-16-8-7-15(23(16)22-12-21-19)17-9-6-14(26-17)11-25-18(24)10-13-4-2-1-3-5-13/h7-8,12-14,17H,1-6,9-11H2,(H2,20,21,22). The number of aromatic nitrogens is 3. The summed E-state index contributed by atoms with van der Waals surface area (Å²) in [6, 6.07) is 3.88. The number of nitrogens with zero attached hydrogens (tertiary/aromatic N) is 3. The van der Waals surface area contributed by atoms with Crippen LogP contribution in [-0.4, -0.2) is 33.3 Å². The van der Waals surface area contributed by atoms with Gasteiger partial charge in [-0.25, -0.2) is 9.50 Å². The van der Waals surface area contributed by atoms with E-state index in [1.165, 1.54) is 25.6 Å². The third-order valence-corrected chi connectivity index (χ3v) is 5.56. The van der Waals surface area contributed by atoms with Crippen molar-refractivity contribution in [2.45, 2.75) is 63.6 Å². The molecular weight excluding hydrogens is 332 g/mol. The summed E-state index contributed by atoms with van der Waals surface area (Å²) in [5, 5.41) is 4.27. The van der Waals surface area contributed by atoms with Gasteiger partial charge in [-0.15, -0.1) is 0 Å². The molecule has 3 heterocycles. The van der Waals surface area contributed by atoms with Gasteiger partial charge in [-0.1, -0.05) is 19.3 Å². The number of nitrogen functional groups attached to an aromatic ring is 1. The third kappa shape index (κ3) is 3.67. The Bertz CT molecular complexity index is 769. The van der Waals surface area contributed by atoms with Gasteiger partial charge in [0, 0.05) is 6.42 Å². The predicted octanol–water partition coefficient (Wildman–Crippen LogP) is 3.05. The Hall–Kier alpha value is -2.15. The molecule has 0 amide bonds. The largest absolute Gasteiger partial charge is 0.463 e. The number of carbonyl (C=O) groups excluding carboxylic acids is 1. The fourth-order valence-electron chi connectivity index (χ4n) is 4.13. The van der Waals surface area contributed by atoms with Crippen molar-refractivity contribution in [3.05, 3.63) is 24.2 Å². The van der Waals surface area contributed by atoms with Crippen molar-refractivity contribution in [2.75, 3.05) is 12.3 Å². The van der Waals surface area contributed by atoms with Crippen LogP contribution in [0.25, 0.3) is 5.52 Å². The van der Waals surface area contributed by atoms with Crippen LogP contribution in [0.3, 0.4) is 0 Å². The molecule has 2 fully saturated rings. The summed E-state index contributed by atoms with van der Waals surface area (Å²) in [4.78, 5) is 16.1. The molecule has 2 aliphatic rings. The van der Waals surface area contributed by atoms with Gasteiger partial charge >= 0.3 is 5.97 Å². The van der Waals surface area contributed by atoms with Crippen molar-refractivity contribution in [2.24, 2.45) is 5.92 Å². The first-order chi connectivity index (χ1) is 12.7. The average Bonchev–Trinajstić information content (AvgIpc) is 3.28. The minimum atomic E-state index is -0.0856. The molecule has 2 atom stereocenters. The van der Waals surface area contributed by atoms with Crippen LogP contribution in [0.1, 0.15) is 63.2 Å². The van der Waals surface area contributed by atoms with Crippen molar-refractivity contribution >= 4 is 17.3 Å². The zero-order valence-corrected chi connectivity index (χ0v) is 15.0. The van der Waals surface area contributed by atoms with Crippen molar-refractivity contribution in [3.63, 3.8) is 0 Å². The normalized spacial score (nSPS) is 24.2. The first-order valence-corrected chi connectivity index (χ1v) is 9.60. The Labute approximate surface area is 152 Å². The second kappa shape index (κ2) is 7.61. The van der Waals surface area contributed by atoms with E-state index in [0.717, 1.165) is 36.9 Å². The Balaban J connectivity index is 1.29. The van der Waals surface area contributed by atoms with Crippen LogP contribution >= 0.6 is 0 Å². The second-order valence-electron chi connectivity index (χ2n) is 7.42. The molecule has 0 bridgehead atoms. The van der Waals surface area contributed by atoms with Crippen LogP contribution in [0.5, 0.6) is 0 Å². The average molecular weight is 358 g/mol. The fraction of sp³-hybridized carbons (Fsp3) is 0.632. The number of fused-ring (bicyclic) bond motifs is 1. The molecule has 7 heteroatoms. The number of carbonyl (C=O) groups is 1. The lowest BCUT2D eigenvalue weighted by Gasteiger charge is -2.21. The van der Waals surface area contributed by atoms with Gasteiger partial charge in [0.15, 0.2) is 5.82 Å². The molecule has 7 nitrogen and oxygen atoms in total. The Morgan fingerprint density at radius 2 is 2.08 bits per heavy atom. The van der Waals surface area contributed by atoms with Gasteiger partial charge in [-0.3, -0.25) is 4.79 Å². The van der Waals surface area contributed by atoms with Crippen LogP contribution in [-0.2, 0) is 14.3 Å². The summed E-state index contributed by atoms with van der Waals surface area (Å²) in [7, 11) is 0. The molecule has 0 radical (unpaired) electrons. The summed E-state index contributed by atoms with van der Waals surface area (Å²) < 4.78 is 13.4. The monoisotopic (exact) mass is 358 g/mol. The van der Waals surface area contributed by atoms with Gasteiger partial charge in [0.25, 0.3) is 0 Å². The van der Waals surface area contributed by atoms with E-state index in [2.05, 4.69) is 10.1 Å². The molecule has 2 N–H and O–H groups in total. The lowest BCUT2D eigenvalue weighted by Crippen LogP contribution is -2.21. The summed E-state index contributed by atoms with van der Waals surface area (Å²) in [5.41, 5.74) is 7.63. The number of ether oxygens (including phenoxy) is 2. The van der Waals surface area contributed by atoms with Crippen LogP contribution in [0.4, 0.5) is 5.82 Å². The summed E-state index contributed by atoms with van der Waals surface area (Å²) in [5.74, 6) is 0.876. The highest BCUT2D eigenvalue weighted by Gasteiger charge is 2.30. The molecule has 1 saturated heterocycles. The SMILES string of the molecule is Nc1ncnn2c(C3CCC(COC(=O)CC4CCCCC4)O3)ccc12. The second-order valence-corrected chi connectivity index (χ2v) is 7.42. The fourth-order valence-corrected chi connectivity index (χ4v) is 4.13. The number of hydrogen-bond acceptors (Lipinski definition) is 6. The number of nitrogens with two attached hydrogens (primary N) is 1. The summed E-state index contributed by atoms with van der Waals surface area (Å²) in [6.45, 7) is 0.336. The van der Waals surface area contributed by atoms with Crippen LogP contribution < -0.4 is 5.73 Å². The molecule has 26 heavy (non-hydrogen) atoms. The molecule has 1 saturated carbocycles. The lowest BCUT2D eigenvalue weighted by molar-refractivity contribution is -0.149. The van der Waals surface area contributed by atoms with Crippen LogP contribution in [0, 0.1) is 5.92 Å². The van der Waals surface area contributed by atoms with E-state index in [9.17, 15) is 4.79 Å². The van der Waals surface area contributed by atoms with Gasteiger partial charge in [0.05, 0.1) is 11.8 Å². The molecule has 140 valence electrons. The molecule has 2 unspecified atom stereocenters. The zero-order chi connectivity index (χ0) is 17.9. The quantitative estimate of drug-likeness (QED) is 0.826. The van der Waals surface area contributed by atoms with E-state index in [0.29, 0.717) is 24.8 Å². The molecular formula is C19H26N4O3. The number of esters is 1. The van der Waals surface area contributed by atoms with E-state index < -0.39 is 0 Å². The maximum absolute atomic E-state index is 12.1. The molecule has 4 rings (SSSR count). The van der Waals surface area contributed by atoms with Gasteiger partial charge in [0.1, 0.15) is 24.6 Å². The molecule has 1 aliphatic carbocycles. The van der Waals surface area contributed by atoms with E-state index in [-0.39, 0.29) is 18.2 Å². The number of anilines is 1. The molecule has 1 aliphatic heterocycles. The van der Waals surface area contributed by atoms with Gasteiger partial charge in [0.2, 0.25) is 0 Å². The lowest BCUT2D eigenvalue weighted by atomic mass is 9.87. The van der Waals surface area contributed by atoms with E-state index in [4.69, 9.17) is 15.2 Å². The first-order valence-electron chi connectivity index (χ1n) is 9.60. The highest BCUT2D eigenvalue weighted by molar-refractivity contribution is 5.69. The van der Waals surface area contributed by atoms with E-state index >= 15 is 0 Å². The van der Waals surface area contributed by atoms with Crippen LogP contribution in [0.2, 0.25) is 0 Å². The minimum absolute atomic E-state index is 0.0555. The summed E-state index contributed by atoms with van der Waals surface area (Å²) >= 11 is 0. The predicted molar refractivity (Wildman–Crippen MR) is 96.4 cm³/mol. The van der Waals surface area contributed by atoms with Gasteiger partial charge < -0.3 is 15.2 Å². The van der Waals surface area contributed by atoms with Crippen LogP contribution in [0.15, 0.2) is 18.5 Å². The Kier molecular flexibility index (Phi) is 5.06. The Morgan fingerprint density at radius 3 is 2.92 bits per heavy atom. The van der Waals surface area contributed by atoms with Gasteiger partial charge in [-0.05, 0) is 43.7 Å². The molecule has 2 aromatic rings. The van der Waals surface area contributed by atoms with Crippen molar-refractivity contribution < 1.29 is 14.3 Å². The zero-order valence-electron chi connectivity index (χ0n) is 15.0. The van der Waals surface area contributed by atoms with E-state index in [1.54, 1.807) is 4.52 Å². The van der Waals surface area contributed by atoms with E-state index in [1.807, 2.05) is 12.1 Å².